The zero-order chi connectivity index (χ0) is 14.5. The fraction of sp³-hybridized carbons (Fsp3) is 0.357. The molecular formula is C14H19N5S. The third-order valence-electron chi connectivity index (χ3n) is 2.92. The molecular weight excluding hydrogens is 270 g/mol. The lowest BCUT2D eigenvalue weighted by Crippen LogP contribution is -2.20. The number of nitrogen functional groups attached to an aromatic ring is 1. The van der Waals surface area contributed by atoms with Crippen molar-refractivity contribution in [3.05, 3.63) is 35.7 Å². The predicted octanol–water partition coefficient (Wildman–Crippen LogP) is 2.53. The number of aryl methyl sites for hydroxylation is 1. The molecule has 0 saturated heterocycles. The summed E-state index contributed by atoms with van der Waals surface area (Å²) in [5, 5.41) is 4.02. The number of anilines is 2. The Morgan fingerprint density at radius 3 is 2.90 bits per heavy atom. The molecule has 2 aromatic rings. The van der Waals surface area contributed by atoms with Gasteiger partial charge in [0.25, 0.3) is 0 Å². The van der Waals surface area contributed by atoms with Gasteiger partial charge < -0.3 is 11.1 Å². The third kappa shape index (κ3) is 3.84. The van der Waals surface area contributed by atoms with Crippen molar-refractivity contribution in [2.45, 2.75) is 31.5 Å². The average molecular weight is 289 g/mol. The van der Waals surface area contributed by atoms with Gasteiger partial charge in [0.1, 0.15) is 11.6 Å². The minimum atomic E-state index is 0.215. The van der Waals surface area contributed by atoms with Crippen LogP contribution in [0, 0.1) is 6.92 Å². The van der Waals surface area contributed by atoms with Crippen LogP contribution in [-0.4, -0.2) is 27.2 Å². The average Bonchev–Trinajstić information content (AvgIpc) is 2.40. The van der Waals surface area contributed by atoms with Crippen LogP contribution in [0.25, 0.3) is 0 Å². The predicted molar refractivity (Wildman–Crippen MR) is 84.0 cm³/mol. The fourth-order valence-electron chi connectivity index (χ4n) is 1.93. The van der Waals surface area contributed by atoms with Gasteiger partial charge >= 0.3 is 0 Å². The Kier molecular flexibility index (Phi) is 4.79. The van der Waals surface area contributed by atoms with Crippen molar-refractivity contribution in [2.75, 3.05) is 17.3 Å². The smallest absolute Gasteiger partial charge is 0.191 e. The molecule has 1 unspecified atom stereocenters. The van der Waals surface area contributed by atoms with E-state index in [-0.39, 0.29) is 6.04 Å². The van der Waals surface area contributed by atoms with E-state index < -0.39 is 0 Å². The van der Waals surface area contributed by atoms with E-state index in [1.165, 1.54) is 17.3 Å². The molecule has 0 bridgehead atoms. The second-order valence-corrected chi connectivity index (χ2v) is 5.45. The number of hydrogen-bond acceptors (Lipinski definition) is 6. The summed E-state index contributed by atoms with van der Waals surface area (Å²) in [6.45, 7) is 4.18. The van der Waals surface area contributed by atoms with Crippen LogP contribution in [0.3, 0.4) is 0 Å². The Bertz CT molecular complexity index is 588. The van der Waals surface area contributed by atoms with Crippen LogP contribution < -0.4 is 11.1 Å². The molecule has 2 rings (SSSR count). The summed E-state index contributed by atoms with van der Waals surface area (Å²) >= 11 is 1.48. The number of aromatic nitrogens is 3. The third-order valence-corrected chi connectivity index (χ3v) is 3.47. The van der Waals surface area contributed by atoms with Gasteiger partial charge in [-0.05, 0) is 31.7 Å². The van der Waals surface area contributed by atoms with Crippen molar-refractivity contribution in [1.82, 2.24) is 15.0 Å². The molecule has 6 heteroatoms. The lowest BCUT2D eigenvalue weighted by atomic mass is 10.1. The topological polar surface area (TPSA) is 76.7 Å². The van der Waals surface area contributed by atoms with E-state index in [2.05, 4.69) is 40.2 Å². The van der Waals surface area contributed by atoms with E-state index in [1.807, 2.05) is 18.5 Å². The second kappa shape index (κ2) is 6.56. The van der Waals surface area contributed by atoms with Crippen LogP contribution in [-0.2, 0) is 6.42 Å². The van der Waals surface area contributed by atoms with Crippen LogP contribution in [0.1, 0.15) is 18.2 Å². The summed E-state index contributed by atoms with van der Waals surface area (Å²) in [6, 6.07) is 5.99. The van der Waals surface area contributed by atoms with Crippen LogP contribution in [0.2, 0.25) is 0 Å². The molecule has 0 aliphatic heterocycles. The molecule has 0 aliphatic carbocycles. The lowest BCUT2D eigenvalue weighted by Gasteiger charge is -2.15. The highest BCUT2D eigenvalue weighted by Gasteiger charge is 2.09. The fourth-order valence-corrected chi connectivity index (χ4v) is 2.32. The van der Waals surface area contributed by atoms with Crippen molar-refractivity contribution in [3.63, 3.8) is 0 Å². The molecule has 3 N–H and O–H groups in total. The minimum Gasteiger partial charge on any atom is -0.383 e. The molecule has 106 valence electrons. The van der Waals surface area contributed by atoms with Crippen LogP contribution >= 0.6 is 11.8 Å². The van der Waals surface area contributed by atoms with Crippen molar-refractivity contribution < 1.29 is 0 Å². The molecule has 20 heavy (non-hydrogen) atoms. The standard InChI is InChI=1S/C14H19N5S/c1-9-5-4-6-16-11(9)7-10(2)17-13-8-12(15)18-14(19-13)20-3/h4-6,8,10H,7H2,1-3H3,(H3,15,17,18,19). The van der Waals surface area contributed by atoms with E-state index in [0.29, 0.717) is 11.0 Å². The highest BCUT2D eigenvalue weighted by Crippen LogP contribution is 2.17. The SMILES string of the molecule is CSc1nc(N)cc(NC(C)Cc2ncccc2C)n1. The van der Waals surface area contributed by atoms with E-state index >= 15 is 0 Å². The van der Waals surface area contributed by atoms with Gasteiger partial charge in [-0.25, -0.2) is 9.97 Å². The first-order chi connectivity index (χ1) is 9.58. The van der Waals surface area contributed by atoms with Crippen LogP contribution in [0.5, 0.6) is 0 Å². The van der Waals surface area contributed by atoms with Gasteiger partial charge in [0, 0.05) is 30.4 Å². The Balaban J connectivity index is 2.06. The van der Waals surface area contributed by atoms with Crippen molar-refractivity contribution in [2.24, 2.45) is 0 Å². The van der Waals surface area contributed by atoms with E-state index in [9.17, 15) is 0 Å². The van der Waals surface area contributed by atoms with Gasteiger partial charge in [0.05, 0.1) is 0 Å². The molecule has 2 aromatic heterocycles. The number of rotatable bonds is 5. The first kappa shape index (κ1) is 14.6. The summed E-state index contributed by atoms with van der Waals surface area (Å²) in [6.07, 6.45) is 4.59. The summed E-state index contributed by atoms with van der Waals surface area (Å²) in [5.74, 6) is 1.23. The zero-order valence-electron chi connectivity index (χ0n) is 11.9. The van der Waals surface area contributed by atoms with Gasteiger partial charge in [-0.3, -0.25) is 4.98 Å². The summed E-state index contributed by atoms with van der Waals surface area (Å²) in [7, 11) is 0. The first-order valence-corrected chi connectivity index (χ1v) is 7.66. The molecule has 1 atom stereocenters. The van der Waals surface area contributed by atoms with Gasteiger partial charge in [0.2, 0.25) is 0 Å². The van der Waals surface area contributed by atoms with Gasteiger partial charge in [-0.2, -0.15) is 0 Å². The number of hydrogen-bond donors (Lipinski definition) is 2. The molecule has 0 aliphatic rings. The number of nitrogens with two attached hydrogens (primary N) is 1. The maximum absolute atomic E-state index is 5.77. The van der Waals surface area contributed by atoms with Gasteiger partial charge in [-0.15, -0.1) is 0 Å². The molecule has 0 aromatic carbocycles. The van der Waals surface area contributed by atoms with Gasteiger partial charge in [-0.1, -0.05) is 17.8 Å². The number of pyridine rings is 1. The molecule has 0 fully saturated rings. The Hall–Kier alpha value is -1.82. The van der Waals surface area contributed by atoms with E-state index in [0.717, 1.165) is 17.9 Å². The van der Waals surface area contributed by atoms with Crippen molar-refractivity contribution in [3.8, 4) is 0 Å². The van der Waals surface area contributed by atoms with Gasteiger partial charge in [0.15, 0.2) is 5.16 Å². The van der Waals surface area contributed by atoms with Crippen molar-refractivity contribution in [1.29, 1.82) is 0 Å². The monoisotopic (exact) mass is 289 g/mol. The summed E-state index contributed by atoms with van der Waals surface area (Å²) in [5.41, 5.74) is 8.07. The Morgan fingerprint density at radius 2 is 2.20 bits per heavy atom. The highest BCUT2D eigenvalue weighted by molar-refractivity contribution is 7.98. The first-order valence-electron chi connectivity index (χ1n) is 6.44. The Labute approximate surface area is 123 Å². The number of nitrogens with zero attached hydrogens (tertiary/aromatic N) is 3. The highest BCUT2D eigenvalue weighted by atomic mass is 32.2. The van der Waals surface area contributed by atoms with E-state index in [1.54, 1.807) is 6.07 Å². The molecule has 5 nitrogen and oxygen atoms in total. The number of thioether (sulfide) groups is 1. The quantitative estimate of drug-likeness (QED) is 0.650. The molecule has 0 radical (unpaired) electrons. The molecule has 2 heterocycles. The molecule has 0 saturated carbocycles. The second-order valence-electron chi connectivity index (χ2n) is 4.68. The largest absolute Gasteiger partial charge is 0.383 e. The minimum absolute atomic E-state index is 0.215. The normalized spacial score (nSPS) is 12.2. The lowest BCUT2D eigenvalue weighted by molar-refractivity contribution is 0.755. The van der Waals surface area contributed by atoms with Crippen LogP contribution in [0.4, 0.5) is 11.6 Å². The summed E-state index contributed by atoms with van der Waals surface area (Å²) < 4.78 is 0. The zero-order valence-corrected chi connectivity index (χ0v) is 12.7. The maximum Gasteiger partial charge on any atom is 0.191 e. The van der Waals surface area contributed by atoms with E-state index in [4.69, 9.17) is 5.73 Å². The Morgan fingerprint density at radius 1 is 1.40 bits per heavy atom. The maximum atomic E-state index is 5.77. The van der Waals surface area contributed by atoms with Crippen LogP contribution in [0.15, 0.2) is 29.6 Å². The molecule has 0 amide bonds. The summed E-state index contributed by atoms with van der Waals surface area (Å²) in [4.78, 5) is 12.9. The molecule has 0 spiro atoms. The number of nitrogens with one attached hydrogen (secondary N) is 1. The van der Waals surface area contributed by atoms with Crippen molar-refractivity contribution >= 4 is 23.4 Å².